The molecule has 0 aliphatic carbocycles. The number of hydrogen-bond donors (Lipinski definition) is 1. The molecule has 2 N–H and O–H groups in total. The first-order valence-electron chi connectivity index (χ1n) is 10.1. The summed E-state index contributed by atoms with van der Waals surface area (Å²) in [7, 11) is 0. The van der Waals surface area contributed by atoms with E-state index in [1.807, 2.05) is 57.2 Å². The van der Waals surface area contributed by atoms with E-state index < -0.39 is 0 Å². The maximum Gasteiger partial charge on any atom is 0.329 e. The van der Waals surface area contributed by atoms with Crippen LogP contribution in [0.1, 0.15) is 19.4 Å². The van der Waals surface area contributed by atoms with Gasteiger partial charge in [0.1, 0.15) is 6.29 Å². The Kier molecular flexibility index (Phi) is 5.03. The number of nitrogens with zero attached hydrogens (tertiary/aromatic N) is 4. The van der Waals surface area contributed by atoms with E-state index in [2.05, 4.69) is 11.2 Å². The number of aldehydes is 1. The summed E-state index contributed by atoms with van der Waals surface area (Å²) in [5.74, 6) is 0.355. The van der Waals surface area contributed by atoms with Gasteiger partial charge in [-0.3, -0.25) is 13.8 Å². The molecular formula is C23H25N5O2. The molecule has 7 heteroatoms. The second kappa shape index (κ2) is 7.67. The fraction of sp³-hybridized carbons (Fsp3) is 0.261. The molecule has 30 heavy (non-hydrogen) atoms. The van der Waals surface area contributed by atoms with Gasteiger partial charge in [-0.25, -0.2) is 4.79 Å². The number of carbonyl (C=O) groups is 1. The van der Waals surface area contributed by atoms with Gasteiger partial charge >= 0.3 is 5.69 Å². The molecule has 4 aromatic rings. The van der Waals surface area contributed by atoms with Crippen LogP contribution in [0, 0.1) is 6.92 Å². The van der Waals surface area contributed by atoms with E-state index in [1.54, 1.807) is 13.8 Å². The normalized spacial score (nSPS) is 11.3. The number of benzene rings is 2. The van der Waals surface area contributed by atoms with Crippen LogP contribution in [0.25, 0.3) is 33.4 Å². The van der Waals surface area contributed by atoms with Gasteiger partial charge in [-0.05, 0) is 44.5 Å². The number of nitrogens with two attached hydrogens (primary N) is 1. The zero-order chi connectivity index (χ0) is 21.4. The zero-order valence-corrected chi connectivity index (χ0v) is 17.4. The minimum absolute atomic E-state index is 0.0179. The second-order valence-electron chi connectivity index (χ2n) is 7.30. The minimum Gasteiger partial charge on any atom is -0.382 e. The van der Waals surface area contributed by atoms with Crippen LogP contribution in [0.2, 0.25) is 0 Å². The summed E-state index contributed by atoms with van der Waals surface area (Å²) in [5, 5.41) is 4.43. The predicted molar refractivity (Wildman–Crippen MR) is 119 cm³/mol. The third-order valence-electron chi connectivity index (χ3n) is 5.46. The van der Waals surface area contributed by atoms with Gasteiger partial charge in [0.05, 0.1) is 28.8 Å². The highest BCUT2D eigenvalue weighted by Crippen LogP contribution is 2.38. The number of anilines is 1. The lowest BCUT2D eigenvalue weighted by atomic mass is 9.99. The van der Waals surface area contributed by atoms with E-state index in [1.165, 1.54) is 0 Å². The molecule has 0 fully saturated rings. The van der Waals surface area contributed by atoms with Gasteiger partial charge in [0.15, 0.2) is 5.82 Å². The van der Waals surface area contributed by atoms with Crippen molar-refractivity contribution in [2.45, 2.75) is 40.4 Å². The average molecular weight is 403 g/mol. The van der Waals surface area contributed by atoms with Crippen molar-refractivity contribution in [2.75, 3.05) is 5.73 Å². The molecule has 2 heterocycles. The molecule has 0 saturated heterocycles. The van der Waals surface area contributed by atoms with Crippen LogP contribution in [0.3, 0.4) is 0 Å². The smallest absolute Gasteiger partial charge is 0.329 e. The molecule has 154 valence electrons. The first-order chi connectivity index (χ1) is 14.5. The third-order valence-corrected chi connectivity index (χ3v) is 5.46. The summed E-state index contributed by atoms with van der Waals surface area (Å²) in [6.45, 7) is 7.24. The number of fused-ring (bicyclic) bond motifs is 1. The van der Waals surface area contributed by atoms with Crippen molar-refractivity contribution < 1.29 is 4.79 Å². The number of aryl methyl sites for hydroxylation is 3. The van der Waals surface area contributed by atoms with Crippen molar-refractivity contribution in [3.05, 3.63) is 58.5 Å². The van der Waals surface area contributed by atoms with Gasteiger partial charge < -0.3 is 10.5 Å². The molecule has 0 radical (unpaired) electrons. The van der Waals surface area contributed by atoms with Gasteiger partial charge in [0, 0.05) is 18.7 Å². The molecule has 4 rings (SSSR count). The molecule has 0 unspecified atom stereocenters. The fourth-order valence-electron chi connectivity index (χ4n) is 4.14. The van der Waals surface area contributed by atoms with Crippen molar-refractivity contribution in [1.29, 1.82) is 0 Å². The van der Waals surface area contributed by atoms with E-state index in [9.17, 15) is 9.59 Å². The summed E-state index contributed by atoms with van der Waals surface area (Å²) < 4.78 is 5.17. The number of imidazole rings is 1. The van der Waals surface area contributed by atoms with Crippen LogP contribution >= 0.6 is 0 Å². The lowest BCUT2D eigenvalue weighted by molar-refractivity contribution is -0.108. The summed E-state index contributed by atoms with van der Waals surface area (Å²) >= 11 is 0. The molecule has 7 nitrogen and oxygen atoms in total. The Hall–Kier alpha value is -3.61. The van der Waals surface area contributed by atoms with Crippen molar-refractivity contribution in [3.63, 3.8) is 0 Å². The second-order valence-corrected chi connectivity index (χ2v) is 7.30. The largest absolute Gasteiger partial charge is 0.382 e. The lowest BCUT2D eigenvalue weighted by Crippen LogP contribution is -2.22. The molecule has 0 atom stereocenters. The Morgan fingerprint density at radius 3 is 2.40 bits per heavy atom. The Balaban J connectivity index is 2.02. The minimum atomic E-state index is -0.0179. The summed E-state index contributed by atoms with van der Waals surface area (Å²) in [6.07, 6.45) is 0.814. The van der Waals surface area contributed by atoms with Gasteiger partial charge in [0.25, 0.3) is 0 Å². The molecule has 0 saturated carbocycles. The number of rotatable bonds is 6. The van der Waals surface area contributed by atoms with Crippen molar-refractivity contribution in [2.24, 2.45) is 0 Å². The van der Waals surface area contributed by atoms with Crippen molar-refractivity contribution >= 4 is 23.1 Å². The highest BCUT2D eigenvalue weighted by molar-refractivity contribution is 5.92. The Morgan fingerprint density at radius 1 is 1.00 bits per heavy atom. The first-order valence-corrected chi connectivity index (χ1v) is 10.1. The predicted octanol–water partition coefficient (Wildman–Crippen LogP) is 3.46. The van der Waals surface area contributed by atoms with Crippen LogP contribution in [0.15, 0.2) is 47.3 Å². The molecular weight excluding hydrogens is 378 g/mol. The summed E-state index contributed by atoms with van der Waals surface area (Å²) in [5.41, 5.74) is 12.5. The van der Waals surface area contributed by atoms with Crippen molar-refractivity contribution in [1.82, 2.24) is 18.9 Å². The maximum absolute atomic E-state index is 12.7. The topological polar surface area (TPSA) is 87.8 Å². The molecule has 0 aliphatic heterocycles. The van der Waals surface area contributed by atoms with E-state index >= 15 is 0 Å². The van der Waals surface area contributed by atoms with Gasteiger partial charge in [-0.15, -0.1) is 0 Å². The number of nitrogen functional groups attached to an aromatic ring is 1. The molecule has 0 aliphatic rings. The van der Waals surface area contributed by atoms with Gasteiger partial charge in [0.2, 0.25) is 0 Å². The number of hydrogen-bond acceptors (Lipinski definition) is 4. The van der Waals surface area contributed by atoms with E-state index in [-0.39, 0.29) is 12.2 Å². The van der Waals surface area contributed by atoms with E-state index in [0.29, 0.717) is 18.9 Å². The third kappa shape index (κ3) is 3.03. The fourth-order valence-corrected chi connectivity index (χ4v) is 4.14. The SMILES string of the molecule is CCn1c(=O)n(CC)c2cc(-c3c(N)nn(CC=O)c3-c3cccc(C)c3)ccc21. The molecule has 0 amide bonds. The summed E-state index contributed by atoms with van der Waals surface area (Å²) in [4.78, 5) is 24.0. The van der Waals surface area contributed by atoms with E-state index in [0.717, 1.165) is 45.3 Å². The van der Waals surface area contributed by atoms with Crippen molar-refractivity contribution in [3.8, 4) is 22.4 Å². The Labute approximate surface area is 174 Å². The lowest BCUT2D eigenvalue weighted by Gasteiger charge is -2.10. The maximum atomic E-state index is 12.7. The Bertz CT molecular complexity index is 1310. The van der Waals surface area contributed by atoms with Crippen LogP contribution in [-0.4, -0.2) is 25.2 Å². The van der Waals surface area contributed by atoms with Crippen LogP contribution in [0.5, 0.6) is 0 Å². The molecule has 0 spiro atoms. The zero-order valence-electron chi connectivity index (χ0n) is 17.4. The highest BCUT2D eigenvalue weighted by atomic mass is 16.1. The van der Waals surface area contributed by atoms with Crippen LogP contribution < -0.4 is 11.4 Å². The average Bonchev–Trinajstić information content (AvgIpc) is 3.20. The molecule has 0 bridgehead atoms. The number of carbonyl (C=O) groups excluding carboxylic acids is 1. The monoisotopic (exact) mass is 403 g/mol. The van der Waals surface area contributed by atoms with E-state index in [4.69, 9.17) is 5.73 Å². The quantitative estimate of drug-likeness (QED) is 0.500. The van der Waals surface area contributed by atoms with Crippen LogP contribution in [0.4, 0.5) is 5.82 Å². The van der Waals surface area contributed by atoms with Gasteiger partial charge in [-0.1, -0.05) is 29.8 Å². The first kappa shape index (κ1) is 19.7. The molecule has 2 aromatic heterocycles. The molecule has 2 aromatic carbocycles. The number of aromatic nitrogens is 4. The Morgan fingerprint density at radius 2 is 1.73 bits per heavy atom. The standard InChI is InChI=1S/C23H25N5O2/c1-4-26-18-10-9-16(14-19(18)27(5-2)23(26)30)20-21(17-8-6-7-15(3)13-17)28(11-12-29)25-22(20)24/h6-10,12-14H,4-5,11H2,1-3H3,(H2,24,25). The highest BCUT2D eigenvalue weighted by Gasteiger charge is 2.21. The van der Waals surface area contributed by atoms with Crippen LogP contribution in [-0.2, 0) is 24.4 Å². The summed E-state index contributed by atoms with van der Waals surface area (Å²) in [6, 6.07) is 13.9. The van der Waals surface area contributed by atoms with Gasteiger partial charge in [-0.2, -0.15) is 5.10 Å².